The molecule has 3 aromatic rings. The first-order valence-corrected chi connectivity index (χ1v) is 18.9. The van der Waals surface area contributed by atoms with E-state index in [1.807, 2.05) is 63.6 Å². The van der Waals surface area contributed by atoms with Gasteiger partial charge in [0.15, 0.2) is 0 Å². The second-order valence-electron chi connectivity index (χ2n) is 17.0. The van der Waals surface area contributed by atoms with Crippen molar-refractivity contribution in [2.45, 2.75) is 103 Å². The van der Waals surface area contributed by atoms with Crippen LogP contribution in [-0.2, 0) is 9.47 Å². The van der Waals surface area contributed by atoms with Gasteiger partial charge in [0.1, 0.15) is 34.3 Å². The Morgan fingerprint density at radius 3 is 1.52 bits per heavy atom. The summed E-state index contributed by atoms with van der Waals surface area (Å²) in [4.78, 5) is 42.5. The monoisotopic (exact) mass is 746 g/mol. The average Bonchev–Trinajstić information content (AvgIpc) is 4.02. The fourth-order valence-corrected chi connectivity index (χ4v) is 7.53. The fourth-order valence-electron chi connectivity index (χ4n) is 7.53. The lowest BCUT2D eigenvalue weighted by Crippen LogP contribution is -2.58. The minimum atomic E-state index is -0.484. The molecule has 4 fully saturated rings. The summed E-state index contributed by atoms with van der Waals surface area (Å²) in [5.74, 6) is 2.80. The molecular weight excluding hydrogens is 688 g/mol. The topological polar surface area (TPSA) is 141 Å². The Balaban J connectivity index is 0.000000189. The molecule has 0 bridgehead atoms. The number of anilines is 3. The maximum atomic E-state index is 12.7. The first-order chi connectivity index (χ1) is 25.4. The van der Waals surface area contributed by atoms with Gasteiger partial charge in [-0.25, -0.2) is 19.6 Å². The second-order valence-corrected chi connectivity index (χ2v) is 17.0. The van der Waals surface area contributed by atoms with Crippen LogP contribution in [0.25, 0.3) is 5.82 Å². The van der Waals surface area contributed by atoms with Crippen LogP contribution in [0.4, 0.5) is 26.8 Å². The lowest BCUT2D eigenvalue weighted by molar-refractivity contribution is 0.00947. The molecule has 2 saturated heterocycles. The number of amides is 2. The molecule has 2 aliphatic heterocycles. The molecule has 2 amide bonds. The number of carbonyl (C=O) groups excluding carboxylic acids is 2. The molecule has 2 N–H and O–H groups in total. The smallest absolute Gasteiger partial charge is 0.410 e. The standard InChI is InChI=1S/C23H32N4O3.C17H26N4O3/c1-16-7-8-17(2)27(16)20-13-19(29-6)18(14-24-20)25-11-12-26(23(15-25)9-10-23)21(28)30-22(3,4)5;1-16(2,3)24-15(22)21-8-7-20(11-17(21)5-6-17)12-10-19-14(18)9-13(12)23-4/h7-8,13-14H,9-12,15H2,1-6H3;9-10H,5-8,11H2,1-4H3,(H2,18,19). The highest BCUT2D eigenvalue weighted by atomic mass is 16.6. The lowest BCUT2D eigenvalue weighted by Gasteiger charge is -2.43. The van der Waals surface area contributed by atoms with Gasteiger partial charge < -0.3 is 39.0 Å². The van der Waals surface area contributed by atoms with Crippen LogP contribution in [0.3, 0.4) is 0 Å². The highest BCUT2D eigenvalue weighted by Crippen LogP contribution is 2.48. The molecule has 0 atom stereocenters. The lowest BCUT2D eigenvalue weighted by atomic mass is 10.1. The third kappa shape index (κ3) is 8.27. The molecular formula is C40H58N8O6. The predicted octanol–water partition coefficient (Wildman–Crippen LogP) is 6.35. The number of carbonyl (C=O) groups is 2. The molecule has 3 aromatic heterocycles. The summed E-state index contributed by atoms with van der Waals surface area (Å²) < 4.78 is 24.5. The molecule has 294 valence electrons. The number of aryl methyl sites for hydroxylation is 2. The van der Waals surface area contributed by atoms with Crippen LogP contribution in [0, 0.1) is 13.8 Å². The third-order valence-corrected chi connectivity index (χ3v) is 10.5. The third-order valence-electron chi connectivity index (χ3n) is 10.5. The molecule has 2 spiro atoms. The number of nitrogens with two attached hydrogens (primary N) is 1. The van der Waals surface area contributed by atoms with E-state index in [1.54, 1.807) is 26.5 Å². The Bertz CT molecular complexity index is 1840. The summed E-state index contributed by atoms with van der Waals surface area (Å²) >= 11 is 0. The summed E-state index contributed by atoms with van der Waals surface area (Å²) in [5.41, 5.74) is 8.67. The quantitative estimate of drug-likeness (QED) is 0.312. The van der Waals surface area contributed by atoms with Gasteiger partial charge in [-0.05, 0) is 93.2 Å². The maximum absolute atomic E-state index is 12.7. The van der Waals surface area contributed by atoms with Crippen LogP contribution < -0.4 is 25.0 Å². The van der Waals surface area contributed by atoms with Gasteiger partial charge in [-0.15, -0.1) is 0 Å². The molecule has 0 unspecified atom stereocenters. The molecule has 4 aliphatic rings. The van der Waals surface area contributed by atoms with Crippen molar-refractivity contribution in [2.75, 3.05) is 69.0 Å². The fraction of sp³-hybridized carbons (Fsp3) is 0.600. The van der Waals surface area contributed by atoms with E-state index in [0.717, 1.165) is 79.6 Å². The minimum absolute atomic E-state index is 0.132. The SMILES string of the molecule is COc1cc(-n2c(C)ccc2C)ncc1N1CCN(C(=O)OC(C)(C)C)C2(CC2)C1.COc1cc(N)ncc1N1CCN(C(=O)OC(C)(C)C)C2(CC2)C1. The van der Waals surface area contributed by atoms with Crippen molar-refractivity contribution in [1.82, 2.24) is 24.3 Å². The molecule has 2 aliphatic carbocycles. The Kier molecular flexibility index (Phi) is 10.4. The van der Waals surface area contributed by atoms with E-state index >= 15 is 0 Å². The first kappa shape index (κ1) is 38.8. The van der Waals surface area contributed by atoms with Crippen LogP contribution in [0.15, 0.2) is 36.7 Å². The highest BCUT2D eigenvalue weighted by molar-refractivity contribution is 5.72. The summed E-state index contributed by atoms with van der Waals surface area (Å²) in [6.45, 7) is 19.8. The molecule has 0 aromatic carbocycles. The minimum Gasteiger partial charge on any atom is -0.494 e. The van der Waals surface area contributed by atoms with Gasteiger partial charge in [0.05, 0.1) is 49.1 Å². The number of pyridine rings is 2. The van der Waals surface area contributed by atoms with Gasteiger partial charge in [-0.2, -0.15) is 0 Å². The van der Waals surface area contributed by atoms with Gasteiger partial charge in [0.2, 0.25) is 0 Å². The van der Waals surface area contributed by atoms with E-state index in [-0.39, 0.29) is 23.3 Å². The molecule has 14 heteroatoms. The molecule has 54 heavy (non-hydrogen) atoms. The number of hydrogen-bond acceptors (Lipinski definition) is 11. The number of hydrogen-bond donors (Lipinski definition) is 1. The number of ether oxygens (including phenoxy) is 4. The van der Waals surface area contributed by atoms with Crippen LogP contribution in [0.1, 0.15) is 78.6 Å². The Morgan fingerprint density at radius 1 is 0.685 bits per heavy atom. The van der Waals surface area contributed by atoms with Crippen molar-refractivity contribution >= 4 is 29.4 Å². The van der Waals surface area contributed by atoms with Gasteiger partial charge >= 0.3 is 12.2 Å². The van der Waals surface area contributed by atoms with Crippen LogP contribution in [0.5, 0.6) is 11.5 Å². The zero-order valence-electron chi connectivity index (χ0n) is 33.7. The number of aromatic nitrogens is 3. The van der Waals surface area contributed by atoms with Gasteiger partial charge in [0.25, 0.3) is 0 Å². The van der Waals surface area contributed by atoms with Crippen molar-refractivity contribution in [3.63, 3.8) is 0 Å². The first-order valence-electron chi connectivity index (χ1n) is 18.9. The number of piperazine rings is 2. The Morgan fingerprint density at radius 2 is 1.11 bits per heavy atom. The van der Waals surface area contributed by atoms with Crippen LogP contribution >= 0.6 is 0 Å². The van der Waals surface area contributed by atoms with Crippen molar-refractivity contribution < 1.29 is 28.5 Å². The zero-order valence-corrected chi connectivity index (χ0v) is 33.7. The van der Waals surface area contributed by atoms with Crippen LogP contribution in [-0.4, -0.2) is 112 Å². The molecule has 0 radical (unpaired) electrons. The summed E-state index contributed by atoms with van der Waals surface area (Å²) in [6, 6.07) is 7.90. The van der Waals surface area contributed by atoms with E-state index in [4.69, 9.17) is 29.7 Å². The van der Waals surface area contributed by atoms with Crippen molar-refractivity contribution in [3.8, 4) is 17.3 Å². The van der Waals surface area contributed by atoms with Crippen molar-refractivity contribution in [2.24, 2.45) is 0 Å². The highest BCUT2D eigenvalue weighted by Gasteiger charge is 2.55. The zero-order chi connectivity index (χ0) is 39.2. The maximum Gasteiger partial charge on any atom is 0.410 e. The van der Waals surface area contributed by atoms with E-state index in [2.05, 4.69) is 45.3 Å². The molecule has 14 nitrogen and oxygen atoms in total. The number of nitrogen functional groups attached to an aromatic ring is 1. The van der Waals surface area contributed by atoms with Gasteiger partial charge in [-0.3, -0.25) is 9.80 Å². The number of nitrogens with zero attached hydrogens (tertiary/aromatic N) is 7. The molecule has 7 rings (SSSR count). The summed E-state index contributed by atoms with van der Waals surface area (Å²) in [6.07, 6.45) is 7.19. The summed E-state index contributed by atoms with van der Waals surface area (Å²) in [7, 11) is 3.32. The number of rotatable bonds is 5. The number of methoxy groups -OCH3 is 2. The van der Waals surface area contributed by atoms with Crippen LogP contribution in [0.2, 0.25) is 0 Å². The van der Waals surface area contributed by atoms with Crippen molar-refractivity contribution in [3.05, 3.63) is 48.0 Å². The van der Waals surface area contributed by atoms with E-state index < -0.39 is 11.2 Å². The predicted molar refractivity (Wildman–Crippen MR) is 209 cm³/mol. The molecule has 5 heterocycles. The Hall–Kier alpha value is -4.88. The molecule has 2 saturated carbocycles. The van der Waals surface area contributed by atoms with Crippen molar-refractivity contribution in [1.29, 1.82) is 0 Å². The second kappa shape index (κ2) is 14.4. The normalized spacial score (nSPS) is 18.6. The van der Waals surface area contributed by atoms with E-state index in [1.165, 1.54) is 0 Å². The Labute approximate surface area is 319 Å². The largest absolute Gasteiger partial charge is 0.494 e. The summed E-state index contributed by atoms with van der Waals surface area (Å²) in [5, 5.41) is 0. The van der Waals surface area contributed by atoms with E-state index in [0.29, 0.717) is 31.2 Å². The average molecular weight is 747 g/mol. The van der Waals surface area contributed by atoms with E-state index in [9.17, 15) is 9.59 Å². The van der Waals surface area contributed by atoms with Gasteiger partial charge in [-0.1, -0.05) is 0 Å². The van der Waals surface area contributed by atoms with Gasteiger partial charge in [0, 0.05) is 62.8 Å².